The minimum Gasteiger partial charge on any atom is -0.282 e. The zero-order chi connectivity index (χ0) is 19.6. The summed E-state index contributed by atoms with van der Waals surface area (Å²) in [5.74, 6) is -0.816. The van der Waals surface area contributed by atoms with Crippen molar-refractivity contribution >= 4 is 39.1 Å². The Morgan fingerprint density at radius 2 is 2.04 bits per heavy atom. The highest BCUT2D eigenvalue weighted by Gasteiger charge is 2.17. The van der Waals surface area contributed by atoms with E-state index in [0.29, 0.717) is 31.9 Å². The van der Waals surface area contributed by atoms with Crippen LogP contribution in [0.3, 0.4) is 0 Å². The van der Waals surface area contributed by atoms with Gasteiger partial charge in [0.05, 0.1) is 11.4 Å². The predicted octanol–water partition coefficient (Wildman–Crippen LogP) is 3.40. The van der Waals surface area contributed by atoms with Gasteiger partial charge in [0.1, 0.15) is 5.82 Å². The van der Waals surface area contributed by atoms with Crippen LogP contribution in [-0.2, 0) is 22.8 Å². The van der Waals surface area contributed by atoms with Crippen LogP contribution in [0.2, 0.25) is 5.02 Å². The summed E-state index contributed by atoms with van der Waals surface area (Å²) in [6, 6.07) is 9.15. The van der Waals surface area contributed by atoms with Gasteiger partial charge in [-0.05, 0) is 64.5 Å². The third-order valence-electron chi connectivity index (χ3n) is 3.58. The van der Waals surface area contributed by atoms with Gasteiger partial charge in [0.2, 0.25) is 15.2 Å². The van der Waals surface area contributed by atoms with E-state index in [-0.39, 0.29) is 5.75 Å². The third-order valence-corrected chi connectivity index (χ3v) is 6.17. The summed E-state index contributed by atoms with van der Waals surface area (Å²) in [6.07, 6.45) is 0. The number of anilines is 1. The largest absolute Gasteiger partial charge is 0.282 e. The molecule has 11 heteroatoms. The van der Waals surface area contributed by atoms with Gasteiger partial charge in [-0.15, -0.1) is 5.10 Å². The molecule has 2 aromatic carbocycles. The van der Waals surface area contributed by atoms with Gasteiger partial charge in [0.25, 0.3) is 0 Å². The summed E-state index contributed by atoms with van der Waals surface area (Å²) in [5, 5.41) is 12.0. The van der Waals surface area contributed by atoms with Gasteiger partial charge in [0.15, 0.2) is 0 Å². The fraction of sp³-hybridized carbons (Fsp3) is 0.188. The number of halogens is 2. The Balaban J connectivity index is 1.86. The molecule has 0 bridgehead atoms. The third kappa shape index (κ3) is 4.96. The highest BCUT2D eigenvalue weighted by molar-refractivity contribution is 7.99. The molecule has 1 N–H and O–H groups in total. The SMILES string of the molecule is Cc1ccc(CS(=O)(=O)Nc2cc(Cl)ccc2Sc2nnnn2C)cc1F. The van der Waals surface area contributed by atoms with Crippen LogP contribution in [0.5, 0.6) is 0 Å². The molecule has 3 rings (SSSR count). The highest BCUT2D eigenvalue weighted by atomic mass is 35.5. The van der Waals surface area contributed by atoms with Gasteiger partial charge in [-0.1, -0.05) is 23.7 Å². The Labute approximate surface area is 165 Å². The molecule has 0 unspecified atom stereocenters. The first-order valence-corrected chi connectivity index (χ1v) is 10.5. The summed E-state index contributed by atoms with van der Waals surface area (Å²) in [4.78, 5) is 0.580. The van der Waals surface area contributed by atoms with E-state index in [1.165, 1.54) is 28.6 Å². The van der Waals surface area contributed by atoms with Crippen LogP contribution in [0.1, 0.15) is 11.1 Å². The molecule has 0 saturated carbocycles. The summed E-state index contributed by atoms with van der Waals surface area (Å²) >= 11 is 7.21. The first kappa shape index (κ1) is 19.6. The molecule has 0 fully saturated rings. The quantitative estimate of drug-likeness (QED) is 0.648. The summed E-state index contributed by atoms with van der Waals surface area (Å²) < 4.78 is 42.8. The molecule has 0 amide bonds. The van der Waals surface area contributed by atoms with Crippen molar-refractivity contribution in [3.8, 4) is 0 Å². The smallest absolute Gasteiger partial charge is 0.236 e. The van der Waals surface area contributed by atoms with Crippen molar-refractivity contribution in [2.75, 3.05) is 4.72 Å². The number of hydrogen-bond donors (Lipinski definition) is 1. The molecule has 0 atom stereocenters. The van der Waals surface area contributed by atoms with E-state index in [1.54, 1.807) is 38.2 Å². The van der Waals surface area contributed by atoms with Crippen LogP contribution >= 0.6 is 23.4 Å². The van der Waals surface area contributed by atoms with Gasteiger partial charge in [-0.3, -0.25) is 4.72 Å². The lowest BCUT2D eigenvalue weighted by Crippen LogP contribution is -2.16. The topological polar surface area (TPSA) is 89.8 Å². The molecule has 0 spiro atoms. The van der Waals surface area contributed by atoms with E-state index >= 15 is 0 Å². The molecular formula is C16H15ClFN5O2S2. The second-order valence-corrected chi connectivity index (χ2v) is 8.94. The van der Waals surface area contributed by atoms with Crippen LogP contribution in [0.25, 0.3) is 0 Å². The van der Waals surface area contributed by atoms with E-state index in [2.05, 4.69) is 20.2 Å². The predicted molar refractivity (Wildman–Crippen MR) is 102 cm³/mol. The van der Waals surface area contributed by atoms with Crippen LogP contribution < -0.4 is 4.72 Å². The van der Waals surface area contributed by atoms with Crippen LogP contribution in [0.4, 0.5) is 10.1 Å². The van der Waals surface area contributed by atoms with E-state index in [4.69, 9.17) is 11.6 Å². The zero-order valence-electron chi connectivity index (χ0n) is 14.3. The molecule has 1 aromatic heterocycles. The second-order valence-electron chi connectivity index (χ2n) is 5.77. The Morgan fingerprint density at radius 1 is 1.26 bits per heavy atom. The number of sulfonamides is 1. The lowest BCUT2D eigenvalue weighted by molar-refractivity contribution is 0.599. The Hall–Kier alpha value is -2.17. The van der Waals surface area contributed by atoms with E-state index in [9.17, 15) is 12.8 Å². The molecule has 0 aliphatic carbocycles. The minimum atomic E-state index is -3.79. The van der Waals surface area contributed by atoms with Crippen molar-refractivity contribution < 1.29 is 12.8 Å². The minimum absolute atomic E-state index is 0.295. The number of tetrazole rings is 1. The number of nitrogens with zero attached hydrogens (tertiary/aromatic N) is 4. The number of hydrogen-bond acceptors (Lipinski definition) is 6. The molecule has 0 saturated heterocycles. The van der Waals surface area contributed by atoms with Crippen molar-refractivity contribution in [3.05, 3.63) is 58.4 Å². The number of nitrogens with one attached hydrogen (secondary N) is 1. The van der Waals surface area contributed by atoms with E-state index < -0.39 is 15.8 Å². The molecule has 1 heterocycles. The second kappa shape index (κ2) is 7.83. The maximum Gasteiger partial charge on any atom is 0.236 e. The van der Waals surface area contributed by atoms with E-state index in [1.807, 2.05) is 0 Å². The van der Waals surface area contributed by atoms with Crippen LogP contribution in [0, 0.1) is 12.7 Å². The summed E-state index contributed by atoms with van der Waals surface area (Å²) in [7, 11) is -2.12. The Morgan fingerprint density at radius 3 is 2.70 bits per heavy atom. The lowest BCUT2D eigenvalue weighted by Gasteiger charge is -2.13. The maximum absolute atomic E-state index is 13.7. The summed E-state index contributed by atoms with van der Waals surface area (Å²) in [6.45, 7) is 1.61. The number of benzene rings is 2. The average molecular weight is 428 g/mol. The normalized spacial score (nSPS) is 11.6. The molecule has 142 valence electrons. The zero-order valence-corrected chi connectivity index (χ0v) is 16.7. The van der Waals surface area contributed by atoms with Crippen molar-refractivity contribution in [2.45, 2.75) is 22.7 Å². The molecule has 7 nitrogen and oxygen atoms in total. The van der Waals surface area contributed by atoms with Crippen molar-refractivity contribution in [2.24, 2.45) is 7.05 Å². The van der Waals surface area contributed by atoms with E-state index in [0.717, 1.165) is 0 Å². The van der Waals surface area contributed by atoms with Gasteiger partial charge in [-0.25, -0.2) is 17.5 Å². The van der Waals surface area contributed by atoms with Gasteiger partial charge >= 0.3 is 0 Å². The Kier molecular flexibility index (Phi) is 5.68. The molecule has 0 aliphatic heterocycles. The monoisotopic (exact) mass is 427 g/mol. The molecule has 3 aromatic rings. The molecule has 0 aliphatic rings. The van der Waals surface area contributed by atoms with Crippen LogP contribution in [0.15, 0.2) is 46.5 Å². The van der Waals surface area contributed by atoms with Gasteiger partial charge in [-0.2, -0.15) is 0 Å². The highest BCUT2D eigenvalue weighted by Crippen LogP contribution is 2.34. The van der Waals surface area contributed by atoms with Crippen molar-refractivity contribution in [3.63, 3.8) is 0 Å². The fourth-order valence-electron chi connectivity index (χ4n) is 2.23. The fourth-order valence-corrected chi connectivity index (χ4v) is 4.46. The molecule has 0 radical (unpaired) electrons. The van der Waals surface area contributed by atoms with Crippen molar-refractivity contribution in [1.29, 1.82) is 0 Å². The van der Waals surface area contributed by atoms with Crippen molar-refractivity contribution in [1.82, 2.24) is 20.2 Å². The average Bonchev–Trinajstić information content (AvgIpc) is 2.98. The maximum atomic E-state index is 13.7. The standard InChI is InChI=1S/C16H15ClFN5O2S2/c1-10-3-4-11(7-13(10)18)9-27(24,25)20-14-8-12(17)5-6-15(14)26-16-19-21-22-23(16)2/h3-8,20H,9H2,1-2H3. The Bertz CT molecular complexity index is 1090. The first-order valence-electron chi connectivity index (χ1n) is 7.69. The molecular weight excluding hydrogens is 413 g/mol. The number of aromatic nitrogens is 4. The molecule has 27 heavy (non-hydrogen) atoms. The van der Waals surface area contributed by atoms with Crippen LogP contribution in [-0.4, -0.2) is 28.6 Å². The lowest BCUT2D eigenvalue weighted by atomic mass is 10.2. The number of aryl methyl sites for hydroxylation is 2. The summed E-state index contributed by atoms with van der Waals surface area (Å²) in [5.41, 5.74) is 1.09. The first-order chi connectivity index (χ1) is 12.7. The van der Waals surface area contributed by atoms with Gasteiger partial charge in [0, 0.05) is 17.0 Å². The number of rotatable bonds is 6. The van der Waals surface area contributed by atoms with Gasteiger partial charge < -0.3 is 0 Å².